The molecule has 0 rings (SSSR count). The van der Waals surface area contributed by atoms with Crippen molar-refractivity contribution < 1.29 is 39.0 Å². The summed E-state index contributed by atoms with van der Waals surface area (Å²) in [6, 6.07) is 0. The minimum absolute atomic E-state index is 0. The first-order chi connectivity index (χ1) is 0. The van der Waals surface area contributed by atoms with Gasteiger partial charge in [0.2, 0.25) is 0 Å². The van der Waals surface area contributed by atoms with Crippen LogP contribution in [-0.2, 0) is 39.0 Å². The molecule has 0 heterocycles. The molecule has 0 nitrogen and oxygen atoms in total. The molecule has 0 aliphatic heterocycles. The summed E-state index contributed by atoms with van der Waals surface area (Å²) in [5, 5.41) is 0. The van der Waals surface area contributed by atoms with Crippen LogP contribution >= 0.6 is 0 Å². The van der Waals surface area contributed by atoms with Gasteiger partial charge >= 0.3 is 39.0 Å². The van der Waals surface area contributed by atoms with E-state index in [1.165, 1.54) is 0 Å². The van der Waals surface area contributed by atoms with E-state index in [0.29, 0.717) is 0 Å². The van der Waals surface area contributed by atoms with Gasteiger partial charge in [-0.2, -0.15) is 0 Å². The Labute approximate surface area is 105 Å². The molecule has 0 atom stereocenters. The van der Waals surface area contributed by atoms with Crippen LogP contribution in [0.1, 0.15) is 22.3 Å². The second kappa shape index (κ2) is 760. The van der Waals surface area contributed by atoms with Gasteiger partial charge in [0.25, 0.3) is 0 Å². The zero-order chi connectivity index (χ0) is 0. The fraction of sp³-hybridized carbons (Fsp3) is 0.333. The van der Waals surface area contributed by atoms with Crippen molar-refractivity contribution in [1.82, 2.24) is 0 Å². The summed E-state index contributed by atoms with van der Waals surface area (Å²) in [4.78, 5) is 0. The number of rotatable bonds is 0. The average molecular weight is 340 g/mol. The first-order valence-electron chi connectivity index (χ1n) is 0. The predicted octanol–water partition coefficient (Wildman–Crippen LogP) is 4.61. The molecule has 0 fully saturated rings. The van der Waals surface area contributed by atoms with Gasteiger partial charge in [-0.3, -0.25) is 0 Å². The van der Waals surface area contributed by atoms with E-state index in [2.05, 4.69) is 0 Å². The van der Waals surface area contributed by atoms with Gasteiger partial charge in [0.15, 0.2) is 0 Å². The number of hydrogen-bond acceptors (Lipinski definition) is 0. The topological polar surface area (TPSA) is 0 Å². The molecule has 0 saturated carbocycles. The Hall–Kier alpha value is 1.25. The van der Waals surface area contributed by atoms with Gasteiger partial charge in [0, 0.05) is 0 Å². The zero-order valence-corrected chi connectivity index (χ0v) is 10.2. The van der Waals surface area contributed by atoms with Gasteiger partial charge < -0.3 is 44.6 Å². The molecular formula is C9H30Ru2. The van der Waals surface area contributed by atoms with Gasteiger partial charge in [0.1, 0.15) is 0 Å². The molecule has 0 bridgehead atoms. The van der Waals surface area contributed by atoms with Crippen molar-refractivity contribution >= 4 is 0 Å². The van der Waals surface area contributed by atoms with Gasteiger partial charge in [-0.05, 0) is 0 Å². The molecule has 0 N–H and O–H groups in total. The fourth-order valence-electron chi connectivity index (χ4n) is 0. The van der Waals surface area contributed by atoms with Crippen molar-refractivity contribution in [1.29, 1.82) is 0 Å². The Morgan fingerprint density at radius 3 is 0.273 bits per heavy atom. The van der Waals surface area contributed by atoms with Crippen molar-refractivity contribution in [2.45, 2.75) is 22.3 Å². The second-order valence-electron chi connectivity index (χ2n) is 0. The average Bonchev–Trinajstić information content (AvgIpc) is 0. The van der Waals surface area contributed by atoms with E-state index in [9.17, 15) is 0 Å². The van der Waals surface area contributed by atoms with Crippen molar-refractivity contribution in [3.8, 4) is 0 Å². The molecule has 0 spiro atoms. The second-order valence-corrected chi connectivity index (χ2v) is 0. The van der Waals surface area contributed by atoms with Gasteiger partial charge in [-0.1, -0.05) is 22.3 Å². The molecule has 2 radical (unpaired) electrons. The molecule has 0 unspecified atom stereocenters. The van der Waals surface area contributed by atoms with Crippen molar-refractivity contribution in [3.63, 3.8) is 0 Å². The maximum absolute atomic E-state index is 0. The third kappa shape index (κ3) is 619. The smallest absolute Gasteiger partial charge is 0.358 e. The molecule has 0 aromatic carbocycles. The van der Waals surface area contributed by atoms with Crippen molar-refractivity contribution in [2.75, 3.05) is 0 Å². The zero-order valence-electron chi connectivity index (χ0n) is 6.71. The maximum atomic E-state index is 0. The molecule has 0 aromatic rings. The van der Waals surface area contributed by atoms with Crippen LogP contribution in [0.15, 0.2) is 0 Å². The molecule has 0 aliphatic rings. The van der Waals surface area contributed by atoms with Crippen LogP contribution in [0.3, 0.4) is 0 Å². The van der Waals surface area contributed by atoms with Crippen LogP contribution < -0.4 is 0 Å². The first kappa shape index (κ1) is 997. The molecular weight excluding hydrogens is 310 g/mol. The van der Waals surface area contributed by atoms with E-state index in [0.717, 1.165) is 0 Å². The van der Waals surface area contributed by atoms with E-state index in [-0.39, 0.29) is 106 Å². The normalized spacial score (nSPS) is 0. The summed E-state index contributed by atoms with van der Waals surface area (Å²) >= 11 is 0. The quantitative estimate of drug-likeness (QED) is 0.446. The standard InChI is InChI=1S/3CH4.6CH3.2Ru/h3*1H4;6*1H3;;/q;;;6*-1;2*+3. The summed E-state index contributed by atoms with van der Waals surface area (Å²) in [6.07, 6.45) is 0. The maximum Gasteiger partial charge on any atom is 3.00 e. The van der Waals surface area contributed by atoms with Gasteiger partial charge in [0.05, 0.1) is 0 Å². The first-order valence-corrected chi connectivity index (χ1v) is 0. The van der Waals surface area contributed by atoms with Gasteiger partial charge in [-0.25, -0.2) is 0 Å². The van der Waals surface area contributed by atoms with Crippen LogP contribution in [-0.4, -0.2) is 0 Å². The monoisotopic (exact) mass is 342 g/mol. The molecule has 0 amide bonds. The summed E-state index contributed by atoms with van der Waals surface area (Å²) < 4.78 is 0. The minimum Gasteiger partial charge on any atom is -0.358 e. The largest absolute Gasteiger partial charge is 3.00 e. The van der Waals surface area contributed by atoms with Crippen LogP contribution in [0.5, 0.6) is 0 Å². The minimum atomic E-state index is 0. The van der Waals surface area contributed by atoms with Crippen LogP contribution in [0.2, 0.25) is 0 Å². The van der Waals surface area contributed by atoms with Crippen LogP contribution in [0, 0.1) is 44.6 Å². The van der Waals surface area contributed by atoms with Crippen LogP contribution in [0.4, 0.5) is 0 Å². The molecule has 0 saturated heterocycles. The summed E-state index contributed by atoms with van der Waals surface area (Å²) in [6.45, 7) is 0. The fourth-order valence-corrected chi connectivity index (χ4v) is 0. The van der Waals surface area contributed by atoms with E-state index in [1.807, 2.05) is 0 Å². The van der Waals surface area contributed by atoms with Crippen molar-refractivity contribution in [2.24, 2.45) is 0 Å². The van der Waals surface area contributed by atoms with E-state index in [1.54, 1.807) is 0 Å². The molecule has 0 aliphatic carbocycles. The van der Waals surface area contributed by atoms with Gasteiger partial charge in [-0.15, -0.1) is 0 Å². The summed E-state index contributed by atoms with van der Waals surface area (Å²) in [5.41, 5.74) is 0. The Morgan fingerprint density at radius 2 is 0.273 bits per heavy atom. The molecule has 0 aromatic heterocycles. The molecule has 11 heavy (non-hydrogen) atoms. The Morgan fingerprint density at radius 1 is 0.273 bits per heavy atom. The van der Waals surface area contributed by atoms with E-state index in [4.69, 9.17) is 0 Å². The van der Waals surface area contributed by atoms with E-state index >= 15 is 0 Å². The SMILES string of the molecule is C.C.C.[CH3-].[CH3-].[CH3-].[CH3-].[CH3-].[CH3-].[Ru+3].[Ru+3]. The summed E-state index contributed by atoms with van der Waals surface area (Å²) in [5.74, 6) is 0. The Kier molecular flexibility index (Phi) is 68800. The van der Waals surface area contributed by atoms with Crippen LogP contribution in [0.25, 0.3) is 0 Å². The van der Waals surface area contributed by atoms with E-state index < -0.39 is 0 Å². The Balaban J connectivity index is 0. The number of hydrogen-bond donors (Lipinski definition) is 0. The molecule has 2 heteroatoms. The predicted molar refractivity (Wildman–Crippen MR) is 58.7 cm³/mol. The Bertz CT molecular complexity index is 7.52. The summed E-state index contributed by atoms with van der Waals surface area (Å²) in [7, 11) is 0. The third-order valence-electron chi connectivity index (χ3n) is 0. The molecule has 82 valence electrons. The third-order valence-corrected chi connectivity index (χ3v) is 0. The van der Waals surface area contributed by atoms with Crippen molar-refractivity contribution in [3.05, 3.63) is 44.6 Å².